The van der Waals surface area contributed by atoms with Gasteiger partial charge in [0.15, 0.2) is 11.6 Å². The van der Waals surface area contributed by atoms with Crippen LogP contribution >= 0.6 is 0 Å². The van der Waals surface area contributed by atoms with E-state index in [4.69, 9.17) is 9.84 Å². The van der Waals surface area contributed by atoms with Crippen LogP contribution in [0.25, 0.3) is 28.0 Å². The number of para-hydroxylation sites is 1. The lowest BCUT2D eigenvalue weighted by atomic mass is 9.70. The molecule has 2 aliphatic rings. The Hall–Kier alpha value is -4.70. The Bertz CT molecular complexity index is 1720. The normalized spacial score (nSPS) is 18.2. The fourth-order valence-electron chi connectivity index (χ4n) is 5.86. The lowest BCUT2D eigenvalue weighted by Gasteiger charge is -2.45. The first kappa shape index (κ1) is 23.4. The van der Waals surface area contributed by atoms with Crippen molar-refractivity contribution in [2.45, 2.75) is 25.4 Å². The number of aromatic nitrogens is 6. The number of ketones is 2. The molecule has 0 bridgehead atoms. The van der Waals surface area contributed by atoms with E-state index in [2.05, 4.69) is 25.9 Å². The number of carbonyl (C=O) groups is 2. The number of carbonyl (C=O) groups excluding carboxylic acids is 2. The molecule has 39 heavy (non-hydrogen) atoms. The van der Waals surface area contributed by atoms with Crippen molar-refractivity contribution in [3.05, 3.63) is 83.6 Å². The maximum atomic E-state index is 14.3. The van der Waals surface area contributed by atoms with Crippen LogP contribution in [-0.4, -0.2) is 60.7 Å². The summed E-state index contributed by atoms with van der Waals surface area (Å²) < 4.78 is 8.44. The van der Waals surface area contributed by atoms with Crippen LogP contribution in [0.4, 0.5) is 0 Å². The van der Waals surface area contributed by atoms with E-state index in [-0.39, 0.29) is 11.6 Å². The number of nitrogens with one attached hydrogen (secondary N) is 2. The lowest BCUT2D eigenvalue weighted by Crippen LogP contribution is -2.58. The lowest BCUT2D eigenvalue weighted by molar-refractivity contribution is -0.0138. The zero-order valence-electron chi connectivity index (χ0n) is 21.2. The molecular weight excluding hydrogens is 494 g/mol. The van der Waals surface area contributed by atoms with Crippen LogP contribution < -0.4 is 10.1 Å². The number of ether oxygens (including phenoxy) is 1. The first-order valence-corrected chi connectivity index (χ1v) is 12.9. The summed E-state index contributed by atoms with van der Waals surface area (Å²) in [6, 6.07) is 20.7. The second-order valence-corrected chi connectivity index (χ2v) is 10.1. The summed E-state index contributed by atoms with van der Waals surface area (Å²) in [5.41, 5.74) is 3.17. The minimum Gasteiger partial charge on any atom is -0.485 e. The quantitative estimate of drug-likeness (QED) is 0.272. The number of tetrazole rings is 1. The van der Waals surface area contributed by atoms with E-state index in [1.54, 1.807) is 24.3 Å². The molecule has 0 radical (unpaired) electrons. The standard InChI is InChI=1S/C29H25N7O3/c1-17-21-15-18(7-9-23(21)36(33-17)20-5-3-2-4-6-20)26(37)25-27(38)22-16-19(28-31-34-35-32-28)8-10-24(22)39-29(25)11-13-30-14-12-29/h2-10,15-16,25,30H,11-14H2,1H3,(H,31,32,34,35). The average molecular weight is 520 g/mol. The van der Waals surface area contributed by atoms with Crippen molar-refractivity contribution in [3.63, 3.8) is 0 Å². The number of piperidine rings is 1. The Labute approximate surface area is 223 Å². The Kier molecular flexibility index (Phi) is 5.38. The maximum absolute atomic E-state index is 14.3. The molecule has 1 saturated heterocycles. The van der Waals surface area contributed by atoms with Crippen LogP contribution in [0.2, 0.25) is 0 Å². The number of nitrogens with zero attached hydrogens (tertiary/aromatic N) is 5. The van der Waals surface area contributed by atoms with Gasteiger partial charge in [-0.25, -0.2) is 4.68 Å². The van der Waals surface area contributed by atoms with E-state index in [0.29, 0.717) is 54.2 Å². The third kappa shape index (κ3) is 3.75. The van der Waals surface area contributed by atoms with E-state index < -0.39 is 11.5 Å². The van der Waals surface area contributed by atoms with Crippen LogP contribution in [0.5, 0.6) is 5.75 Å². The van der Waals surface area contributed by atoms with Gasteiger partial charge in [-0.3, -0.25) is 9.59 Å². The van der Waals surface area contributed by atoms with Gasteiger partial charge in [0.25, 0.3) is 0 Å². The minimum atomic E-state index is -0.977. The largest absolute Gasteiger partial charge is 0.485 e. The third-order valence-electron chi connectivity index (χ3n) is 7.81. The van der Waals surface area contributed by atoms with Crippen molar-refractivity contribution in [1.82, 2.24) is 35.7 Å². The van der Waals surface area contributed by atoms with E-state index in [1.165, 1.54) is 0 Å². The zero-order valence-corrected chi connectivity index (χ0v) is 21.2. The van der Waals surface area contributed by atoms with Gasteiger partial charge < -0.3 is 10.1 Å². The number of aromatic amines is 1. The van der Waals surface area contributed by atoms with Crippen molar-refractivity contribution in [3.8, 4) is 22.8 Å². The molecule has 0 saturated carbocycles. The van der Waals surface area contributed by atoms with Gasteiger partial charge in [0.2, 0.25) is 5.82 Å². The number of Topliss-reactive ketones (excluding diaryl/α,β-unsaturated/α-hetero) is 2. The van der Waals surface area contributed by atoms with Gasteiger partial charge in [-0.15, -0.1) is 10.2 Å². The Morgan fingerprint density at radius 2 is 1.87 bits per heavy atom. The SMILES string of the molecule is Cc1nn(-c2ccccc2)c2ccc(C(=O)C3C(=O)c4cc(-c5nn[nH]n5)ccc4OC34CCNCC4)cc12. The van der Waals surface area contributed by atoms with Gasteiger partial charge in [0.1, 0.15) is 17.3 Å². The van der Waals surface area contributed by atoms with Crippen LogP contribution in [0, 0.1) is 12.8 Å². The zero-order chi connectivity index (χ0) is 26.6. The molecule has 1 spiro atoms. The fraction of sp³-hybridized carbons (Fsp3) is 0.241. The molecule has 0 amide bonds. The predicted molar refractivity (Wildman–Crippen MR) is 143 cm³/mol. The molecule has 3 aromatic carbocycles. The molecule has 7 rings (SSSR count). The first-order chi connectivity index (χ1) is 19.0. The molecule has 1 unspecified atom stereocenters. The third-order valence-corrected chi connectivity index (χ3v) is 7.81. The van der Waals surface area contributed by atoms with E-state index in [1.807, 2.05) is 54.1 Å². The molecule has 194 valence electrons. The van der Waals surface area contributed by atoms with Crippen LogP contribution in [0.3, 0.4) is 0 Å². The van der Waals surface area contributed by atoms with Gasteiger partial charge in [0.05, 0.1) is 22.5 Å². The van der Waals surface area contributed by atoms with Crippen molar-refractivity contribution in [1.29, 1.82) is 0 Å². The van der Waals surface area contributed by atoms with Gasteiger partial charge in [-0.2, -0.15) is 10.3 Å². The predicted octanol–water partition coefficient (Wildman–Crippen LogP) is 3.71. The second kappa shape index (κ2) is 8.95. The van der Waals surface area contributed by atoms with Crippen LogP contribution in [0.15, 0.2) is 66.7 Å². The number of hydrogen-bond donors (Lipinski definition) is 2. The molecule has 2 aliphatic heterocycles. The molecule has 2 N–H and O–H groups in total. The van der Waals surface area contributed by atoms with Gasteiger partial charge in [-0.1, -0.05) is 18.2 Å². The van der Waals surface area contributed by atoms with Crippen molar-refractivity contribution < 1.29 is 14.3 Å². The summed E-state index contributed by atoms with van der Waals surface area (Å²) in [6.45, 7) is 3.25. The highest BCUT2D eigenvalue weighted by atomic mass is 16.5. The number of hydrogen-bond acceptors (Lipinski definition) is 8. The van der Waals surface area contributed by atoms with Crippen molar-refractivity contribution in [2.24, 2.45) is 5.92 Å². The van der Waals surface area contributed by atoms with Gasteiger partial charge in [0, 0.05) is 29.4 Å². The summed E-state index contributed by atoms with van der Waals surface area (Å²) in [6.07, 6.45) is 1.10. The van der Waals surface area contributed by atoms with Gasteiger partial charge in [-0.05, 0) is 73.8 Å². The van der Waals surface area contributed by atoms with Crippen molar-refractivity contribution in [2.75, 3.05) is 13.1 Å². The van der Waals surface area contributed by atoms with E-state index >= 15 is 0 Å². The molecule has 5 aromatic rings. The fourth-order valence-corrected chi connectivity index (χ4v) is 5.86. The molecule has 1 fully saturated rings. The topological polar surface area (TPSA) is 128 Å². The summed E-state index contributed by atoms with van der Waals surface area (Å²) in [5.74, 6) is -0.619. The van der Waals surface area contributed by atoms with Crippen molar-refractivity contribution >= 4 is 22.5 Å². The highest BCUT2D eigenvalue weighted by Gasteiger charge is 2.53. The number of fused-ring (bicyclic) bond motifs is 2. The maximum Gasteiger partial charge on any atom is 0.204 e. The van der Waals surface area contributed by atoms with E-state index in [9.17, 15) is 9.59 Å². The highest BCUT2D eigenvalue weighted by Crippen LogP contribution is 2.44. The second-order valence-electron chi connectivity index (χ2n) is 10.1. The Morgan fingerprint density at radius 1 is 1.05 bits per heavy atom. The molecule has 10 heteroatoms. The number of rotatable bonds is 4. The van der Waals surface area contributed by atoms with E-state index in [0.717, 1.165) is 22.3 Å². The molecule has 1 atom stereocenters. The molecule has 10 nitrogen and oxygen atoms in total. The summed E-state index contributed by atoms with van der Waals surface area (Å²) in [7, 11) is 0. The summed E-state index contributed by atoms with van der Waals surface area (Å²) in [4.78, 5) is 28.4. The van der Waals surface area contributed by atoms with Crippen LogP contribution in [-0.2, 0) is 0 Å². The first-order valence-electron chi connectivity index (χ1n) is 12.9. The van der Waals surface area contributed by atoms with Gasteiger partial charge >= 0.3 is 0 Å². The highest BCUT2D eigenvalue weighted by molar-refractivity contribution is 6.19. The summed E-state index contributed by atoms with van der Waals surface area (Å²) in [5, 5.41) is 23.0. The molecular formula is C29H25N7O3. The average Bonchev–Trinajstić information content (AvgIpc) is 3.62. The molecule has 0 aliphatic carbocycles. The monoisotopic (exact) mass is 519 g/mol. The molecule has 2 aromatic heterocycles. The number of aryl methyl sites for hydroxylation is 1. The molecule has 4 heterocycles. The number of H-pyrrole nitrogens is 1. The Morgan fingerprint density at radius 3 is 2.64 bits per heavy atom. The summed E-state index contributed by atoms with van der Waals surface area (Å²) >= 11 is 0. The van der Waals surface area contributed by atoms with Crippen LogP contribution in [0.1, 0.15) is 39.3 Å². The number of benzene rings is 3. The smallest absolute Gasteiger partial charge is 0.204 e. The Balaban J connectivity index is 1.31. The minimum absolute atomic E-state index is 0.244.